The fourth-order valence-electron chi connectivity index (χ4n) is 2.97. The van der Waals surface area contributed by atoms with Crippen LogP contribution in [0.25, 0.3) is 0 Å². The van der Waals surface area contributed by atoms with Crippen LogP contribution in [0.3, 0.4) is 0 Å². The van der Waals surface area contributed by atoms with Gasteiger partial charge in [0, 0.05) is 23.2 Å². The first-order chi connectivity index (χ1) is 11.9. The number of rotatable bonds is 3. The molecular weight excluding hydrogens is 332 g/mol. The van der Waals surface area contributed by atoms with Gasteiger partial charge in [-0.2, -0.15) is 0 Å². The highest BCUT2D eigenvalue weighted by atomic mass is 32.2. The van der Waals surface area contributed by atoms with E-state index in [0.29, 0.717) is 0 Å². The lowest BCUT2D eigenvalue weighted by atomic mass is 10.1. The summed E-state index contributed by atoms with van der Waals surface area (Å²) in [4.78, 5) is 20.1. The van der Waals surface area contributed by atoms with Crippen LogP contribution in [0.2, 0.25) is 0 Å². The van der Waals surface area contributed by atoms with Gasteiger partial charge < -0.3 is 9.64 Å². The van der Waals surface area contributed by atoms with Crippen LogP contribution >= 0.6 is 11.8 Å². The van der Waals surface area contributed by atoms with E-state index in [1.54, 1.807) is 11.8 Å². The Morgan fingerprint density at radius 1 is 1.20 bits per heavy atom. The minimum absolute atomic E-state index is 0.0229. The molecule has 0 unspecified atom stereocenters. The van der Waals surface area contributed by atoms with Gasteiger partial charge in [0.1, 0.15) is 10.6 Å². The quantitative estimate of drug-likeness (QED) is 0.748. The molecule has 0 aliphatic carbocycles. The van der Waals surface area contributed by atoms with Crippen molar-refractivity contribution in [1.82, 2.24) is 9.88 Å². The van der Waals surface area contributed by atoms with Crippen molar-refractivity contribution < 1.29 is 9.53 Å². The fourth-order valence-corrected chi connectivity index (χ4v) is 3.92. The number of carbonyl (C=O) groups is 1. The van der Waals surface area contributed by atoms with Crippen molar-refractivity contribution in [3.63, 3.8) is 0 Å². The van der Waals surface area contributed by atoms with Gasteiger partial charge in [-0.1, -0.05) is 36.0 Å². The van der Waals surface area contributed by atoms with Crippen LogP contribution in [0.5, 0.6) is 0 Å². The molecule has 0 spiro atoms. The van der Waals surface area contributed by atoms with Crippen LogP contribution in [0, 0.1) is 0 Å². The lowest BCUT2D eigenvalue weighted by Crippen LogP contribution is -2.36. The number of hydrogen-bond donors (Lipinski definition) is 0. The Kier molecular flexibility index (Phi) is 5.33. The van der Waals surface area contributed by atoms with Gasteiger partial charge in [-0.3, -0.25) is 0 Å². The molecule has 1 amide bonds. The monoisotopic (exact) mass is 356 g/mol. The summed E-state index contributed by atoms with van der Waals surface area (Å²) < 4.78 is 5.59. The van der Waals surface area contributed by atoms with Gasteiger partial charge >= 0.3 is 6.09 Å². The predicted molar refractivity (Wildman–Crippen MR) is 99.7 cm³/mol. The number of ether oxygens (including phenoxy) is 1. The van der Waals surface area contributed by atoms with Crippen molar-refractivity contribution in [2.24, 2.45) is 0 Å². The molecule has 1 aromatic heterocycles. The molecule has 2 aromatic rings. The number of likely N-dealkylation sites (tertiary alicyclic amines) is 1. The zero-order valence-corrected chi connectivity index (χ0v) is 15.8. The lowest BCUT2D eigenvalue weighted by molar-refractivity contribution is 0.0222. The summed E-state index contributed by atoms with van der Waals surface area (Å²) >= 11 is 1.64. The third-order valence-electron chi connectivity index (χ3n) is 4.00. The maximum Gasteiger partial charge on any atom is 0.410 e. The van der Waals surface area contributed by atoms with E-state index in [2.05, 4.69) is 23.2 Å². The lowest BCUT2D eigenvalue weighted by Gasteiger charge is -2.29. The third-order valence-corrected chi connectivity index (χ3v) is 5.04. The van der Waals surface area contributed by atoms with Crippen LogP contribution in [-0.4, -0.2) is 28.1 Å². The van der Waals surface area contributed by atoms with E-state index in [4.69, 9.17) is 4.74 Å². The maximum absolute atomic E-state index is 12.6. The van der Waals surface area contributed by atoms with Crippen molar-refractivity contribution in [3.05, 3.63) is 54.2 Å². The topological polar surface area (TPSA) is 42.4 Å². The van der Waals surface area contributed by atoms with Gasteiger partial charge in [0.2, 0.25) is 0 Å². The van der Waals surface area contributed by atoms with Crippen LogP contribution in [-0.2, 0) is 4.74 Å². The van der Waals surface area contributed by atoms with E-state index in [9.17, 15) is 4.79 Å². The number of hydrogen-bond acceptors (Lipinski definition) is 4. The number of amides is 1. The molecule has 1 aliphatic heterocycles. The zero-order chi connectivity index (χ0) is 17.9. The smallest absolute Gasteiger partial charge is 0.410 e. The molecule has 0 radical (unpaired) electrons. The molecule has 2 heterocycles. The largest absolute Gasteiger partial charge is 0.444 e. The highest BCUT2D eigenvalue weighted by Gasteiger charge is 2.34. The SMILES string of the molecule is CC(C)(C)OC(=O)N1CCC[C@H]1c1cccnc1Sc1ccccc1. The molecule has 4 nitrogen and oxygen atoms in total. The molecule has 25 heavy (non-hydrogen) atoms. The van der Waals surface area contributed by atoms with Gasteiger partial charge in [-0.05, 0) is 51.8 Å². The summed E-state index contributed by atoms with van der Waals surface area (Å²) in [6.45, 7) is 6.42. The van der Waals surface area contributed by atoms with Crippen LogP contribution in [0.15, 0.2) is 58.6 Å². The summed E-state index contributed by atoms with van der Waals surface area (Å²) in [5, 5.41) is 0.953. The molecule has 132 valence electrons. The van der Waals surface area contributed by atoms with E-state index >= 15 is 0 Å². The highest BCUT2D eigenvalue weighted by Crippen LogP contribution is 2.39. The molecule has 1 atom stereocenters. The summed E-state index contributed by atoms with van der Waals surface area (Å²) in [6.07, 6.45) is 3.48. The van der Waals surface area contributed by atoms with Gasteiger partial charge in [-0.15, -0.1) is 0 Å². The predicted octanol–water partition coefficient (Wildman–Crippen LogP) is 5.30. The van der Waals surface area contributed by atoms with Crippen molar-refractivity contribution in [2.45, 2.75) is 55.2 Å². The number of aromatic nitrogens is 1. The first-order valence-corrected chi connectivity index (χ1v) is 9.43. The molecule has 0 N–H and O–H groups in total. The molecule has 5 heteroatoms. The highest BCUT2D eigenvalue weighted by molar-refractivity contribution is 7.99. The first-order valence-electron chi connectivity index (χ1n) is 8.61. The third kappa shape index (κ3) is 4.54. The van der Waals surface area contributed by atoms with E-state index < -0.39 is 5.60 Å². The van der Waals surface area contributed by atoms with Crippen LogP contribution < -0.4 is 0 Å². The second kappa shape index (κ2) is 7.48. The Labute approximate surface area is 153 Å². The van der Waals surface area contributed by atoms with E-state index in [1.165, 1.54) is 0 Å². The molecule has 1 fully saturated rings. The van der Waals surface area contributed by atoms with E-state index in [0.717, 1.165) is 34.9 Å². The second-order valence-electron chi connectivity index (χ2n) is 7.14. The van der Waals surface area contributed by atoms with Crippen molar-refractivity contribution in [3.8, 4) is 0 Å². The second-order valence-corrected chi connectivity index (χ2v) is 8.21. The molecule has 0 saturated carbocycles. The maximum atomic E-state index is 12.6. The van der Waals surface area contributed by atoms with Crippen molar-refractivity contribution >= 4 is 17.9 Å². The molecular formula is C20H24N2O2S. The minimum atomic E-state index is -0.485. The molecule has 0 bridgehead atoms. The Morgan fingerprint density at radius 3 is 2.68 bits per heavy atom. The fraction of sp³-hybridized carbons (Fsp3) is 0.400. The van der Waals surface area contributed by atoms with E-state index in [-0.39, 0.29) is 12.1 Å². The minimum Gasteiger partial charge on any atom is -0.444 e. The Balaban J connectivity index is 1.84. The van der Waals surface area contributed by atoms with E-state index in [1.807, 2.05) is 56.1 Å². The Hall–Kier alpha value is -2.01. The summed E-state index contributed by atoms with van der Waals surface area (Å²) in [5.74, 6) is 0. The van der Waals surface area contributed by atoms with Gasteiger partial charge in [0.05, 0.1) is 6.04 Å². The first kappa shape index (κ1) is 17.8. The summed E-state index contributed by atoms with van der Waals surface area (Å²) in [5.41, 5.74) is 0.612. The average Bonchev–Trinajstić information content (AvgIpc) is 3.04. The van der Waals surface area contributed by atoms with Gasteiger partial charge in [-0.25, -0.2) is 9.78 Å². The number of nitrogens with zero attached hydrogens (tertiary/aromatic N) is 2. The average molecular weight is 356 g/mol. The molecule has 1 aliphatic rings. The van der Waals surface area contributed by atoms with Gasteiger partial charge in [0.25, 0.3) is 0 Å². The number of pyridine rings is 1. The summed E-state index contributed by atoms with van der Waals surface area (Å²) in [6, 6.07) is 14.2. The molecule has 1 saturated heterocycles. The number of benzene rings is 1. The number of carbonyl (C=O) groups excluding carboxylic acids is 1. The standard InChI is InChI=1S/C20H24N2O2S/c1-20(2,3)24-19(23)22-14-8-12-17(22)16-11-7-13-21-18(16)25-15-9-5-4-6-10-15/h4-7,9-11,13,17H,8,12,14H2,1-3H3/t17-/m0/s1. The zero-order valence-electron chi connectivity index (χ0n) is 14.9. The Bertz CT molecular complexity index is 728. The van der Waals surface area contributed by atoms with Crippen molar-refractivity contribution in [2.75, 3.05) is 6.54 Å². The molecule has 1 aromatic carbocycles. The van der Waals surface area contributed by atoms with Crippen molar-refractivity contribution in [1.29, 1.82) is 0 Å². The normalized spacial score (nSPS) is 17.6. The van der Waals surface area contributed by atoms with Crippen LogP contribution in [0.1, 0.15) is 45.2 Å². The summed E-state index contributed by atoms with van der Waals surface area (Å²) in [7, 11) is 0. The van der Waals surface area contributed by atoms with Crippen LogP contribution in [0.4, 0.5) is 4.79 Å². The van der Waals surface area contributed by atoms with Gasteiger partial charge in [0.15, 0.2) is 0 Å². The Morgan fingerprint density at radius 2 is 1.96 bits per heavy atom. The molecule has 3 rings (SSSR count).